The summed E-state index contributed by atoms with van der Waals surface area (Å²) in [7, 11) is 4.52. The number of halogens is 1. The van der Waals surface area contributed by atoms with E-state index in [1.165, 1.54) is 21.3 Å². The van der Waals surface area contributed by atoms with Gasteiger partial charge in [0.25, 0.3) is 11.5 Å². The lowest BCUT2D eigenvalue weighted by Crippen LogP contribution is -2.26. The van der Waals surface area contributed by atoms with E-state index in [-0.39, 0.29) is 11.3 Å². The van der Waals surface area contributed by atoms with Gasteiger partial charge in [-0.3, -0.25) is 9.59 Å². The summed E-state index contributed by atoms with van der Waals surface area (Å²) < 4.78 is 16.9. The van der Waals surface area contributed by atoms with Gasteiger partial charge < -0.3 is 19.5 Å². The first-order chi connectivity index (χ1) is 15.9. The van der Waals surface area contributed by atoms with Crippen LogP contribution in [0.3, 0.4) is 0 Å². The maximum Gasteiger partial charge on any atom is 0.279 e. The molecule has 1 N–H and O–H groups in total. The van der Waals surface area contributed by atoms with E-state index in [1.54, 1.807) is 60.7 Å². The molecule has 0 unspecified atom stereocenters. The summed E-state index contributed by atoms with van der Waals surface area (Å²) in [4.78, 5) is 26.5. The molecule has 9 heteroatoms. The first-order valence-corrected chi connectivity index (χ1v) is 10.2. The Hall–Kier alpha value is -4.04. The number of amides is 1. The summed E-state index contributed by atoms with van der Waals surface area (Å²) in [6.07, 6.45) is 0. The third-order valence-corrected chi connectivity index (χ3v) is 5.31. The highest BCUT2D eigenvalue weighted by atomic mass is 35.5. The van der Waals surface area contributed by atoms with Crippen molar-refractivity contribution in [1.29, 1.82) is 0 Å². The number of ether oxygens (including phenoxy) is 3. The lowest BCUT2D eigenvalue weighted by molar-refractivity contribution is 0.102. The molecule has 0 aliphatic rings. The first kappa shape index (κ1) is 22.2. The molecule has 3 aromatic carbocycles. The third kappa shape index (κ3) is 4.33. The first-order valence-electron chi connectivity index (χ1n) is 9.85. The van der Waals surface area contributed by atoms with Crippen molar-refractivity contribution in [2.45, 2.75) is 0 Å². The van der Waals surface area contributed by atoms with E-state index in [4.69, 9.17) is 25.8 Å². The van der Waals surface area contributed by atoms with Gasteiger partial charge in [-0.05, 0) is 24.3 Å². The van der Waals surface area contributed by atoms with Crippen LogP contribution in [0.5, 0.6) is 17.2 Å². The summed E-state index contributed by atoms with van der Waals surface area (Å²) in [5, 5.41) is 8.29. The van der Waals surface area contributed by atoms with Crippen molar-refractivity contribution in [3.63, 3.8) is 0 Å². The van der Waals surface area contributed by atoms with Crippen LogP contribution in [0.4, 0.5) is 5.69 Å². The Kier molecular flexibility index (Phi) is 6.19. The Morgan fingerprint density at radius 1 is 0.909 bits per heavy atom. The van der Waals surface area contributed by atoms with Crippen molar-refractivity contribution in [3.8, 4) is 22.9 Å². The van der Waals surface area contributed by atoms with E-state index in [0.717, 1.165) is 4.68 Å². The number of aromatic nitrogens is 2. The average Bonchev–Trinajstić information content (AvgIpc) is 2.84. The van der Waals surface area contributed by atoms with Crippen molar-refractivity contribution in [3.05, 3.63) is 81.7 Å². The van der Waals surface area contributed by atoms with Crippen LogP contribution < -0.4 is 25.1 Å². The Bertz CT molecular complexity index is 1400. The second kappa shape index (κ2) is 9.22. The molecule has 33 heavy (non-hydrogen) atoms. The smallest absolute Gasteiger partial charge is 0.279 e. The minimum atomic E-state index is -0.504. The molecule has 1 heterocycles. The second-order valence-corrected chi connectivity index (χ2v) is 7.39. The van der Waals surface area contributed by atoms with Crippen LogP contribution in [0.2, 0.25) is 5.02 Å². The highest BCUT2D eigenvalue weighted by Gasteiger charge is 2.19. The fourth-order valence-corrected chi connectivity index (χ4v) is 3.64. The maximum absolute atomic E-state index is 13.2. The van der Waals surface area contributed by atoms with Gasteiger partial charge in [-0.25, -0.2) is 0 Å². The summed E-state index contributed by atoms with van der Waals surface area (Å²) >= 11 is 6.18. The number of rotatable bonds is 6. The van der Waals surface area contributed by atoms with Gasteiger partial charge in [-0.1, -0.05) is 29.8 Å². The van der Waals surface area contributed by atoms with Crippen LogP contribution in [-0.2, 0) is 0 Å². The molecule has 0 saturated carbocycles. The van der Waals surface area contributed by atoms with Crippen molar-refractivity contribution in [2.75, 3.05) is 26.6 Å². The largest absolute Gasteiger partial charge is 0.497 e. The van der Waals surface area contributed by atoms with Gasteiger partial charge in [0.2, 0.25) is 0 Å². The van der Waals surface area contributed by atoms with Gasteiger partial charge >= 0.3 is 0 Å². The van der Waals surface area contributed by atoms with E-state index in [9.17, 15) is 9.59 Å². The van der Waals surface area contributed by atoms with Gasteiger partial charge in [-0.15, -0.1) is 0 Å². The number of hydrogen-bond donors (Lipinski definition) is 1. The van der Waals surface area contributed by atoms with Crippen LogP contribution in [0.25, 0.3) is 16.5 Å². The Balaban J connectivity index is 1.85. The molecule has 0 aliphatic heterocycles. The summed E-state index contributed by atoms with van der Waals surface area (Å²) in [5.74, 6) is 0.935. The van der Waals surface area contributed by atoms with Crippen LogP contribution in [0.1, 0.15) is 10.5 Å². The zero-order valence-electron chi connectivity index (χ0n) is 18.1. The van der Waals surface area contributed by atoms with E-state index in [1.807, 2.05) is 0 Å². The van der Waals surface area contributed by atoms with Crippen molar-refractivity contribution >= 4 is 34.0 Å². The number of benzene rings is 3. The number of carbonyl (C=O) groups excluding carboxylic acids is 1. The molecule has 0 atom stereocenters. The molecule has 4 aromatic rings. The predicted molar refractivity (Wildman–Crippen MR) is 126 cm³/mol. The Morgan fingerprint density at radius 2 is 1.58 bits per heavy atom. The fourth-order valence-electron chi connectivity index (χ4n) is 3.38. The molecule has 0 bridgehead atoms. The molecular weight excluding hydrogens is 446 g/mol. The quantitative estimate of drug-likeness (QED) is 0.456. The van der Waals surface area contributed by atoms with Crippen LogP contribution in [-0.4, -0.2) is 37.0 Å². The molecule has 0 radical (unpaired) electrons. The maximum atomic E-state index is 13.2. The van der Waals surface area contributed by atoms with E-state index < -0.39 is 5.91 Å². The number of hydrogen-bond acceptors (Lipinski definition) is 6. The van der Waals surface area contributed by atoms with E-state index >= 15 is 0 Å². The summed E-state index contributed by atoms with van der Waals surface area (Å²) in [6, 6.07) is 16.6. The summed E-state index contributed by atoms with van der Waals surface area (Å²) in [5.41, 5.74) is 0.532. The van der Waals surface area contributed by atoms with Gasteiger partial charge in [-0.2, -0.15) is 9.78 Å². The second-order valence-electron chi connectivity index (χ2n) is 6.99. The highest BCUT2D eigenvalue weighted by molar-refractivity contribution is 6.32. The highest BCUT2D eigenvalue weighted by Crippen LogP contribution is 2.28. The molecule has 0 fully saturated rings. The van der Waals surface area contributed by atoms with Gasteiger partial charge in [0.05, 0.1) is 37.4 Å². The van der Waals surface area contributed by atoms with Crippen LogP contribution in [0.15, 0.2) is 65.5 Å². The van der Waals surface area contributed by atoms with E-state index in [0.29, 0.717) is 44.4 Å². The zero-order chi connectivity index (χ0) is 23.5. The zero-order valence-corrected chi connectivity index (χ0v) is 18.8. The lowest BCUT2D eigenvalue weighted by atomic mass is 10.1. The standard InChI is InChI=1S/C24H20ClN3O5/c1-31-16-11-15(12-17(13-16)32-2)28-24(30)19-7-5-4-6-18(19)22(27-28)23(29)26-14-8-9-21(33-3)20(25)10-14/h4-13H,1-3H3,(H,26,29). The molecule has 0 aliphatic carbocycles. The number of methoxy groups -OCH3 is 3. The molecule has 8 nitrogen and oxygen atoms in total. The van der Waals surface area contributed by atoms with Gasteiger partial charge in [0.15, 0.2) is 5.69 Å². The minimum absolute atomic E-state index is 0.0685. The van der Waals surface area contributed by atoms with Crippen molar-refractivity contribution in [1.82, 2.24) is 9.78 Å². The number of carbonyl (C=O) groups is 1. The number of fused-ring (bicyclic) bond motifs is 1. The van der Waals surface area contributed by atoms with Crippen molar-refractivity contribution in [2.24, 2.45) is 0 Å². The van der Waals surface area contributed by atoms with Gasteiger partial charge in [0, 0.05) is 29.3 Å². The monoisotopic (exact) mass is 465 g/mol. The van der Waals surface area contributed by atoms with Crippen LogP contribution in [0, 0.1) is 0 Å². The van der Waals surface area contributed by atoms with Gasteiger partial charge in [0.1, 0.15) is 17.2 Å². The predicted octanol–water partition coefficient (Wildman–Crippen LogP) is 4.32. The molecule has 4 rings (SSSR count). The fraction of sp³-hybridized carbons (Fsp3) is 0.125. The molecule has 168 valence electrons. The number of nitrogens with zero attached hydrogens (tertiary/aromatic N) is 2. The van der Waals surface area contributed by atoms with Crippen LogP contribution >= 0.6 is 11.6 Å². The Labute approximate surface area is 194 Å². The molecule has 1 aromatic heterocycles. The molecule has 1 amide bonds. The number of anilines is 1. The average molecular weight is 466 g/mol. The summed E-state index contributed by atoms with van der Waals surface area (Å²) in [6.45, 7) is 0. The number of nitrogens with one attached hydrogen (secondary N) is 1. The minimum Gasteiger partial charge on any atom is -0.497 e. The topological polar surface area (TPSA) is 91.7 Å². The molecule has 0 spiro atoms. The normalized spacial score (nSPS) is 10.7. The van der Waals surface area contributed by atoms with E-state index in [2.05, 4.69) is 10.4 Å². The van der Waals surface area contributed by atoms with Crippen molar-refractivity contribution < 1.29 is 19.0 Å². The third-order valence-electron chi connectivity index (χ3n) is 5.01. The molecule has 0 saturated heterocycles. The SMILES string of the molecule is COc1cc(OC)cc(-n2nc(C(=O)Nc3ccc(OC)c(Cl)c3)c3ccccc3c2=O)c1. The Morgan fingerprint density at radius 3 is 2.18 bits per heavy atom. The lowest BCUT2D eigenvalue weighted by Gasteiger charge is -2.13. The molecular formula is C24H20ClN3O5.